The van der Waals surface area contributed by atoms with Crippen LogP contribution in [0.15, 0.2) is 18.2 Å². The van der Waals surface area contributed by atoms with E-state index in [1.807, 2.05) is 0 Å². The number of rotatable bonds is 2. The third-order valence-electron chi connectivity index (χ3n) is 4.04. The van der Waals surface area contributed by atoms with E-state index in [4.69, 9.17) is 0 Å². The van der Waals surface area contributed by atoms with Crippen molar-refractivity contribution < 1.29 is 14.4 Å². The molecule has 0 spiro atoms. The van der Waals surface area contributed by atoms with Crippen LogP contribution >= 0.6 is 0 Å². The molecule has 5 heteroatoms. The molecule has 1 atom stereocenters. The number of benzene rings is 1. The van der Waals surface area contributed by atoms with Crippen LogP contribution in [-0.2, 0) is 11.3 Å². The molecule has 104 valence electrons. The number of carbonyl (C=O) groups is 3. The first kappa shape index (κ1) is 12.8. The zero-order valence-electron chi connectivity index (χ0n) is 11.1. The summed E-state index contributed by atoms with van der Waals surface area (Å²) in [6, 6.07) is 4.71. The van der Waals surface area contributed by atoms with Gasteiger partial charge < -0.3 is 10.2 Å². The van der Waals surface area contributed by atoms with Crippen LogP contribution in [0.1, 0.15) is 45.5 Å². The largest absolute Gasteiger partial charge is 0.354 e. The molecule has 2 aliphatic heterocycles. The molecule has 2 amide bonds. The Morgan fingerprint density at radius 3 is 2.90 bits per heavy atom. The van der Waals surface area contributed by atoms with Crippen LogP contribution < -0.4 is 5.32 Å². The van der Waals surface area contributed by atoms with Crippen molar-refractivity contribution in [2.45, 2.75) is 31.8 Å². The number of carbonyl (C=O) groups excluding carboxylic acids is 3. The number of fused-ring (bicyclic) bond motifs is 1. The predicted octanol–water partition coefficient (Wildman–Crippen LogP) is 1.12. The summed E-state index contributed by atoms with van der Waals surface area (Å²) in [5.41, 5.74) is 1.82. The maximum atomic E-state index is 12.5. The zero-order valence-corrected chi connectivity index (χ0v) is 11.1. The third-order valence-corrected chi connectivity index (χ3v) is 4.04. The number of nitrogens with zero attached hydrogens (tertiary/aromatic N) is 1. The standard InChI is InChI=1S/C15H16N2O3/c18-9-10-4-3-5-11-12(10)8-17(15(11)20)13-6-1-2-7-16-14(13)19/h3-5,9,13H,1-2,6-8H2,(H,16,19). The fourth-order valence-corrected chi connectivity index (χ4v) is 2.96. The molecule has 2 aliphatic rings. The average molecular weight is 272 g/mol. The second-order valence-corrected chi connectivity index (χ2v) is 5.23. The molecule has 0 radical (unpaired) electrons. The summed E-state index contributed by atoms with van der Waals surface area (Å²) < 4.78 is 0. The highest BCUT2D eigenvalue weighted by atomic mass is 16.2. The van der Waals surface area contributed by atoms with E-state index >= 15 is 0 Å². The Morgan fingerprint density at radius 1 is 1.25 bits per heavy atom. The Kier molecular flexibility index (Phi) is 3.26. The van der Waals surface area contributed by atoms with Gasteiger partial charge in [0.1, 0.15) is 12.3 Å². The molecule has 1 aromatic rings. The van der Waals surface area contributed by atoms with Gasteiger partial charge in [0, 0.05) is 24.2 Å². The van der Waals surface area contributed by atoms with Gasteiger partial charge in [-0.25, -0.2) is 0 Å². The van der Waals surface area contributed by atoms with Crippen molar-refractivity contribution in [1.82, 2.24) is 10.2 Å². The van der Waals surface area contributed by atoms with Gasteiger partial charge in [0.15, 0.2) is 0 Å². The van der Waals surface area contributed by atoms with Gasteiger partial charge in [-0.3, -0.25) is 14.4 Å². The summed E-state index contributed by atoms with van der Waals surface area (Å²) in [6.07, 6.45) is 3.31. The van der Waals surface area contributed by atoms with Crippen molar-refractivity contribution in [2.24, 2.45) is 0 Å². The van der Waals surface area contributed by atoms with Gasteiger partial charge >= 0.3 is 0 Å². The summed E-state index contributed by atoms with van der Waals surface area (Å²) in [5.74, 6) is -0.234. The Hall–Kier alpha value is -2.17. The maximum absolute atomic E-state index is 12.5. The topological polar surface area (TPSA) is 66.5 Å². The Morgan fingerprint density at radius 2 is 2.10 bits per heavy atom. The van der Waals surface area contributed by atoms with Crippen LogP contribution in [0.5, 0.6) is 0 Å². The maximum Gasteiger partial charge on any atom is 0.255 e. The molecule has 0 saturated carbocycles. The Balaban J connectivity index is 1.93. The monoisotopic (exact) mass is 272 g/mol. The molecule has 1 N–H and O–H groups in total. The molecular weight excluding hydrogens is 256 g/mol. The molecule has 0 aliphatic carbocycles. The zero-order chi connectivity index (χ0) is 14.1. The van der Waals surface area contributed by atoms with Crippen LogP contribution in [0.25, 0.3) is 0 Å². The van der Waals surface area contributed by atoms with E-state index in [-0.39, 0.29) is 11.8 Å². The lowest BCUT2D eigenvalue weighted by Gasteiger charge is -2.25. The minimum absolute atomic E-state index is 0.0868. The van der Waals surface area contributed by atoms with Gasteiger partial charge in [0.05, 0.1) is 0 Å². The highest BCUT2D eigenvalue weighted by Gasteiger charge is 2.37. The molecule has 20 heavy (non-hydrogen) atoms. The lowest BCUT2D eigenvalue weighted by molar-refractivity contribution is -0.125. The number of aldehydes is 1. The van der Waals surface area contributed by atoms with Crippen molar-refractivity contribution in [3.63, 3.8) is 0 Å². The SMILES string of the molecule is O=Cc1cccc2c1CN(C1CCCCNC1=O)C2=O. The lowest BCUT2D eigenvalue weighted by atomic mass is 10.0. The average Bonchev–Trinajstić information content (AvgIpc) is 2.65. The summed E-state index contributed by atoms with van der Waals surface area (Å²) in [6.45, 7) is 1.02. The molecule has 2 heterocycles. The fourth-order valence-electron chi connectivity index (χ4n) is 2.96. The molecule has 0 bridgehead atoms. The Labute approximate surface area is 116 Å². The second kappa shape index (κ2) is 5.07. The summed E-state index contributed by atoms with van der Waals surface area (Å²) >= 11 is 0. The predicted molar refractivity (Wildman–Crippen MR) is 72.4 cm³/mol. The highest BCUT2D eigenvalue weighted by molar-refractivity contribution is 6.03. The van der Waals surface area contributed by atoms with E-state index in [9.17, 15) is 14.4 Å². The normalized spacial score (nSPS) is 22.2. The van der Waals surface area contributed by atoms with E-state index in [1.165, 1.54) is 0 Å². The van der Waals surface area contributed by atoms with E-state index < -0.39 is 6.04 Å². The molecule has 3 rings (SSSR count). The molecular formula is C15H16N2O3. The molecule has 1 aromatic carbocycles. The van der Waals surface area contributed by atoms with Gasteiger partial charge in [-0.15, -0.1) is 0 Å². The van der Waals surface area contributed by atoms with E-state index in [0.29, 0.717) is 30.6 Å². The first-order chi connectivity index (χ1) is 9.72. The minimum atomic E-state index is -0.420. The van der Waals surface area contributed by atoms with E-state index in [0.717, 1.165) is 24.7 Å². The lowest BCUT2D eigenvalue weighted by Crippen LogP contribution is -2.45. The van der Waals surface area contributed by atoms with Gasteiger partial charge in [0.2, 0.25) is 5.91 Å². The van der Waals surface area contributed by atoms with Crippen molar-refractivity contribution >= 4 is 18.1 Å². The molecule has 5 nitrogen and oxygen atoms in total. The molecule has 1 saturated heterocycles. The highest BCUT2D eigenvalue weighted by Crippen LogP contribution is 2.28. The van der Waals surface area contributed by atoms with Crippen LogP contribution in [0.4, 0.5) is 0 Å². The van der Waals surface area contributed by atoms with Gasteiger partial charge in [-0.2, -0.15) is 0 Å². The fraction of sp³-hybridized carbons (Fsp3) is 0.400. The minimum Gasteiger partial charge on any atom is -0.354 e. The van der Waals surface area contributed by atoms with Gasteiger partial charge in [-0.1, -0.05) is 12.1 Å². The van der Waals surface area contributed by atoms with Crippen LogP contribution in [0.3, 0.4) is 0 Å². The van der Waals surface area contributed by atoms with E-state index in [1.54, 1.807) is 23.1 Å². The number of amides is 2. The second-order valence-electron chi connectivity index (χ2n) is 5.23. The first-order valence-corrected chi connectivity index (χ1v) is 6.88. The first-order valence-electron chi connectivity index (χ1n) is 6.88. The number of nitrogens with one attached hydrogen (secondary N) is 1. The van der Waals surface area contributed by atoms with Crippen molar-refractivity contribution in [3.05, 3.63) is 34.9 Å². The van der Waals surface area contributed by atoms with Crippen LogP contribution in [-0.4, -0.2) is 35.6 Å². The van der Waals surface area contributed by atoms with Crippen molar-refractivity contribution in [2.75, 3.05) is 6.54 Å². The molecule has 1 unspecified atom stereocenters. The third kappa shape index (κ3) is 1.99. The van der Waals surface area contributed by atoms with Crippen molar-refractivity contribution in [3.8, 4) is 0 Å². The Bertz CT molecular complexity index is 582. The van der Waals surface area contributed by atoms with Crippen molar-refractivity contribution in [1.29, 1.82) is 0 Å². The van der Waals surface area contributed by atoms with Gasteiger partial charge in [-0.05, 0) is 30.9 Å². The summed E-state index contributed by atoms with van der Waals surface area (Å²) in [4.78, 5) is 37.2. The van der Waals surface area contributed by atoms with E-state index in [2.05, 4.69) is 5.32 Å². The van der Waals surface area contributed by atoms with Gasteiger partial charge in [0.25, 0.3) is 5.91 Å². The smallest absolute Gasteiger partial charge is 0.255 e. The summed E-state index contributed by atoms with van der Waals surface area (Å²) in [7, 11) is 0. The number of hydrogen-bond donors (Lipinski definition) is 1. The summed E-state index contributed by atoms with van der Waals surface area (Å²) in [5, 5.41) is 2.85. The molecule has 1 fully saturated rings. The van der Waals surface area contributed by atoms with Crippen LogP contribution in [0.2, 0.25) is 0 Å². The van der Waals surface area contributed by atoms with Crippen LogP contribution in [0, 0.1) is 0 Å². The molecule has 0 aromatic heterocycles. The number of hydrogen-bond acceptors (Lipinski definition) is 3. The quantitative estimate of drug-likeness (QED) is 0.820.